The van der Waals surface area contributed by atoms with E-state index in [9.17, 15) is 30.3 Å². The summed E-state index contributed by atoms with van der Waals surface area (Å²) in [4.78, 5) is 12.9. The molecule has 0 radical (unpaired) electrons. The second kappa shape index (κ2) is 10.5. The second-order valence-electron chi connectivity index (χ2n) is 17.7. The van der Waals surface area contributed by atoms with E-state index in [0.29, 0.717) is 18.4 Å². The summed E-state index contributed by atoms with van der Waals surface area (Å²) in [5.74, 6) is 0.321. The molecule has 4 saturated carbocycles. The molecule has 1 heterocycles. The van der Waals surface area contributed by atoms with Gasteiger partial charge in [0.05, 0.1) is 24.2 Å². The van der Waals surface area contributed by atoms with Crippen LogP contribution in [-0.2, 0) is 14.3 Å². The zero-order chi connectivity index (χ0) is 32.3. The minimum atomic E-state index is -1.58. The molecule has 0 amide bonds. The van der Waals surface area contributed by atoms with Crippen molar-refractivity contribution < 1.29 is 39.8 Å². The molecule has 8 heteroatoms. The van der Waals surface area contributed by atoms with Crippen LogP contribution in [-0.4, -0.2) is 74.9 Å². The Hall–Kier alpha value is -1.03. The Bertz CT molecular complexity index is 1180. The summed E-state index contributed by atoms with van der Waals surface area (Å²) in [5.41, 5.74) is 0.779. The van der Waals surface area contributed by atoms with Gasteiger partial charge in [-0.25, -0.2) is 0 Å². The third kappa shape index (κ3) is 4.40. The Kier molecular flexibility index (Phi) is 7.84. The lowest BCUT2D eigenvalue weighted by molar-refractivity contribution is -0.340. The quantitative estimate of drug-likeness (QED) is 0.270. The molecule has 0 bridgehead atoms. The molecule has 1 aliphatic heterocycles. The van der Waals surface area contributed by atoms with E-state index in [0.717, 1.165) is 64.2 Å². The van der Waals surface area contributed by atoms with Crippen molar-refractivity contribution in [2.75, 3.05) is 6.61 Å². The van der Waals surface area contributed by atoms with Gasteiger partial charge in [0.25, 0.3) is 0 Å². The number of aliphatic hydroxyl groups excluding tert-OH is 4. The molecule has 6 aliphatic rings. The average molecular weight is 619 g/mol. The van der Waals surface area contributed by atoms with Crippen molar-refractivity contribution in [3.05, 3.63) is 11.6 Å². The summed E-state index contributed by atoms with van der Waals surface area (Å²) in [6, 6.07) is 0. The van der Waals surface area contributed by atoms with Crippen LogP contribution in [0.25, 0.3) is 0 Å². The van der Waals surface area contributed by atoms with E-state index in [2.05, 4.69) is 47.6 Å². The van der Waals surface area contributed by atoms with Gasteiger partial charge in [0.1, 0.15) is 18.3 Å². The number of hydrogen-bond acceptors (Lipinski definition) is 7. The highest BCUT2D eigenvalue weighted by molar-refractivity contribution is 5.76. The summed E-state index contributed by atoms with van der Waals surface area (Å²) in [5, 5.41) is 51.7. The molecule has 6 rings (SSSR count). The van der Waals surface area contributed by atoms with E-state index in [4.69, 9.17) is 9.47 Å². The van der Waals surface area contributed by atoms with Gasteiger partial charge < -0.3 is 35.0 Å². The molecule has 0 aromatic rings. The fourth-order valence-electron chi connectivity index (χ4n) is 12.1. The smallest absolute Gasteiger partial charge is 0.310 e. The summed E-state index contributed by atoms with van der Waals surface area (Å²) in [6.45, 7) is 16.2. The molecule has 5 fully saturated rings. The van der Waals surface area contributed by atoms with Crippen molar-refractivity contribution >= 4 is 5.97 Å². The number of carboxylic acids is 1. The van der Waals surface area contributed by atoms with Crippen LogP contribution in [0.1, 0.15) is 113 Å². The zero-order valence-electron chi connectivity index (χ0n) is 28.0. The van der Waals surface area contributed by atoms with Crippen LogP contribution < -0.4 is 0 Å². The van der Waals surface area contributed by atoms with Crippen molar-refractivity contribution in [3.8, 4) is 0 Å². The van der Waals surface area contributed by atoms with Crippen LogP contribution in [0.15, 0.2) is 11.6 Å². The molecule has 8 nitrogen and oxygen atoms in total. The van der Waals surface area contributed by atoms with Gasteiger partial charge in [-0.2, -0.15) is 0 Å². The first-order chi connectivity index (χ1) is 20.4. The van der Waals surface area contributed by atoms with Crippen molar-refractivity contribution in [3.63, 3.8) is 0 Å². The van der Waals surface area contributed by atoms with Crippen LogP contribution in [0.3, 0.4) is 0 Å². The maximum Gasteiger partial charge on any atom is 0.310 e. The normalized spacial score (nSPS) is 50.7. The van der Waals surface area contributed by atoms with Gasteiger partial charge >= 0.3 is 5.97 Å². The van der Waals surface area contributed by atoms with Crippen molar-refractivity contribution in [2.45, 2.75) is 149 Å². The van der Waals surface area contributed by atoms with E-state index < -0.39 is 42.1 Å². The fraction of sp³-hybridized carbons (Fsp3) is 0.917. The van der Waals surface area contributed by atoms with E-state index in [1.807, 2.05) is 0 Å². The topological polar surface area (TPSA) is 137 Å². The number of rotatable bonds is 5. The third-order valence-electron chi connectivity index (χ3n) is 15.1. The first kappa shape index (κ1) is 32.9. The number of fused-ring (bicyclic) bond motifs is 9. The Balaban J connectivity index is 1.28. The molecule has 0 aromatic heterocycles. The van der Waals surface area contributed by atoms with E-state index in [1.165, 1.54) is 12.5 Å². The van der Waals surface area contributed by atoms with Gasteiger partial charge in [-0.3, -0.25) is 4.79 Å². The maximum atomic E-state index is 12.9. The highest BCUT2D eigenvalue weighted by Crippen LogP contribution is 2.76. The minimum Gasteiger partial charge on any atom is -0.481 e. The Morgan fingerprint density at radius 3 is 2.20 bits per heavy atom. The molecule has 44 heavy (non-hydrogen) atoms. The summed E-state index contributed by atoms with van der Waals surface area (Å²) in [7, 11) is 0. The molecule has 1 saturated heterocycles. The standard InChI is InChI=1S/C36H58O8/c1-20(37)26(38)27(39)28(40)29-43-19-33(5)23-10-13-35(7)24(32(23,4)12-11-25(33)44-29)9-8-21-22-18-31(2,3)14-16-36(22,30(41)42)17-15-34(21,35)6/h8,20,22-29,37-40H,9-19H2,1-7H3,(H,41,42)/t20-,22-,23+,24+,25-,26-,27+,28+,29+,32-,33-,34+,35+,36-/m0/s1. The van der Waals surface area contributed by atoms with Crippen LogP contribution in [0, 0.1) is 50.2 Å². The molecular formula is C36H58O8. The minimum absolute atomic E-state index is 0.0335. The first-order valence-electron chi connectivity index (χ1n) is 17.3. The molecule has 0 aromatic carbocycles. The molecule has 14 atom stereocenters. The van der Waals surface area contributed by atoms with Gasteiger partial charge in [-0.15, -0.1) is 0 Å². The number of allylic oxidation sites excluding steroid dienone is 2. The summed E-state index contributed by atoms with van der Waals surface area (Å²) < 4.78 is 12.5. The Morgan fingerprint density at radius 2 is 1.55 bits per heavy atom. The Morgan fingerprint density at radius 1 is 0.864 bits per heavy atom. The molecule has 0 unspecified atom stereocenters. The van der Waals surface area contributed by atoms with Crippen LogP contribution in [0.2, 0.25) is 0 Å². The largest absolute Gasteiger partial charge is 0.481 e. The van der Waals surface area contributed by atoms with Gasteiger partial charge in [-0.05, 0) is 111 Å². The van der Waals surface area contributed by atoms with Gasteiger partial charge in [0, 0.05) is 5.41 Å². The number of carbonyl (C=O) groups is 1. The zero-order valence-corrected chi connectivity index (χ0v) is 28.0. The van der Waals surface area contributed by atoms with Gasteiger partial charge in [-0.1, -0.05) is 53.2 Å². The fourth-order valence-corrected chi connectivity index (χ4v) is 12.1. The van der Waals surface area contributed by atoms with Crippen LogP contribution in [0.4, 0.5) is 0 Å². The predicted molar refractivity (Wildman–Crippen MR) is 165 cm³/mol. The third-order valence-corrected chi connectivity index (χ3v) is 15.1. The number of aliphatic carboxylic acids is 1. The van der Waals surface area contributed by atoms with E-state index >= 15 is 0 Å². The average Bonchev–Trinajstić information content (AvgIpc) is 2.95. The van der Waals surface area contributed by atoms with Crippen molar-refractivity contribution in [2.24, 2.45) is 50.2 Å². The lowest BCUT2D eigenvalue weighted by atomic mass is 9.33. The number of ether oxygens (including phenoxy) is 2. The highest BCUT2D eigenvalue weighted by Gasteiger charge is 2.70. The lowest BCUT2D eigenvalue weighted by Gasteiger charge is -2.72. The monoisotopic (exact) mass is 618 g/mol. The highest BCUT2D eigenvalue weighted by atomic mass is 16.7. The molecule has 5 aliphatic carbocycles. The van der Waals surface area contributed by atoms with Crippen molar-refractivity contribution in [1.82, 2.24) is 0 Å². The van der Waals surface area contributed by atoms with Gasteiger partial charge in [0.15, 0.2) is 6.29 Å². The molecule has 0 spiro atoms. The Labute approximate surface area is 263 Å². The van der Waals surface area contributed by atoms with Crippen molar-refractivity contribution in [1.29, 1.82) is 0 Å². The second-order valence-corrected chi connectivity index (χ2v) is 17.7. The maximum absolute atomic E-state index is 12.9. The van der Waals surface area contributed by atoms with E-state index in [-0.39, 0.29) is 39.1 Å². The summed E-state index contributed by atoms with van der Waals surface area (Å²) in [6.07, 6.45) is 4.87. The number of aliphatic hydroxyl groups is 4. The van der Waals surface area contributed by atoms with Gasteiger partial charge in [0.2, 0.25) is 0 Å². The lowest BCUT2D eigenvalue weighted by Crippen LogP contribution is -2.68. The molecule has 250 valence electrons. The molecule has 5 N–H and O–H groups in total. The number of hydrogen-bond donors (Lipinski definition) is 5. The van der Waals surface area contributed by atoms with Crippen LogP contribution in [0.5, 0.6) is 0 Å². The molecular weight excluding hydrogens is 560 g/mol. The predicted octanol–water partition coefficient (Wildman–Crippen LogP) is 5.06. The summed E-state index contributed by atoms with van der Waals surface area (Å²) >= 11 is 0. The first-order valence-corrected chi connectivity index (χ1v) is 17.3. The van der Waals surface area contributed by atoms with E-state index in [1.54, 1.807) is 0 Å². The van der Waals surface area contributed by atoms with Crippen LogP contribution >= 0.6 is 0 Å². The number of carboxylic acid groups (broad SMARTS) is 1. The SMILES string of the molecule is C[C@H](O)[C@H](O)[C@@H](O)[C@@H](O)[C@@H]1OC[C@@]2(C)[C@@H]3CC[C@]4(C)[C@H](CC=C5[C@@H]6CC(C)(C)CC[C@]6(C(=O)O)CC[C@]54C)[C@@]3(C)CC[C@@H]2O1.